The van der Waals surface area contributed by atoms with Crippen molar-refractivity contribution in [1.82, 2.24) is 19.9 Å². The van der Waals surface area contributed by atoms with E-state index in [9.17, 15) is 14.0 Å². The van der Waals surface area contributed by atoms with Gasteiger partial charge in [-0.3, -0.25) is 14.2 Å². The molecule has 0 saturated carbocycles. The topological polar surface area (TPSA) is 156 Å². The van der Waals surface area contributed by atoms with Crippen molar-refractivity contribution in [1.29, 1.82) is 0 Å². The second kappa shape index (κ2) is 30.0. The first-order valence-electron chi connectivity index (χ1n) is 10.9. The Balaban J connectivity index is -0.000000275. The Bertz CT molecular complexity index is 1510. The summed E-state index contributed by atoms with van der Waals surface area (Å²) in [5.74, 6) is -0.810. The fourth-order valence-electron chi connectivity index (χ4n) is 1.97. The molecule has 0 spiro atoms. The maximum absolute atomic E-state index is 11.3. The van der Waals surface area contributed by atoms with Crippen LogP contribution in [0.5, 0.6) is 0 Å². The zero-order valence-corrected chi connectivity index (χ0v) is 36.6. The van der Waals surface area contributed by atoms with Gasteiger partial charge in [0, 0.05) is 24.8 Å². The van der Waals surface area contributed by atoms with Crippen molar-refractivity contribution in [3.05, 3.63) is 76.0 Å². The number of esters is 2. The van der Waals surface area contributed by atoms with Crippen LogP contribution in [0.2, 0.25) is 24.6 Å². The Morgan fingerprint density at radius 2 is 1.42 bits per heavy atom. The Hall–Kier alpha value is 1.15. The van der Waals surface area contributed by atoms with Gasteiger partial charge in [0.15, 0.2) is 8.81 Å². The van der Waals surface area contributed by atoms with Gasteiger partial charge in [0.05, 0.1) is 64.6 Å². The minimum Gasteiger partial charge on any atom is -1.00 e. The number of halogens is 6. The molecule has 4 heterocycles. The molecule has 45 heavy (non-hydrogen) atoms. The number of nitrogens with zero attached hydrogens (tertiary/aromatic N) is 3. The first kappa shape index (κ1) is 48.3. The SMILES string of the molecule is COC(=O)c1cnc(Cl)s1.COC(=O)c1cnc(Sc2c(Cl)cncc2Cl)s1.O=CO[O-].S=c1c(Cl)c[nH]cc1Cl.[2H]CF.[H-].[K+].[K+]. The van der Waals surface area contributed by atoms with E-state index in [0.717, 1.165) is 11.3 Å². The van der Waals surface area contributed by atoms with E-state index < -0.39 is 19.1 Å². The van der Waals surface area contributed by atoms with Crippen LogP contribution in [0.25, 0.3) is 0 Å². The molecule has 4 aromatic heterocycles. The molecule has 0 aliphatic rings. The molecule has 0 amide bonds. The second-order valence-electron chi connectivity index (χ2n) is 6.16. The predicted molar refractivity (Wildman–Crippen MR) is 167 cm³/mol. The molecule has 0 aliphatic heterocycles. The van der Waals surface area contributed by atoms with Gasteiger partial charge in [-0.05, 0) is 0 Å². The first-order valence-corrected chi connectivity index (χ1v) is 14.9. The Morgan fingerprint density at radius 1 is 0.978 bits per heavy atom. The van der Waals surface area contributed by atoms with Gasteiger partial charge in [0.2, 0.25) is 0 Å². The van der Waals surface area contributed by atoms with Crippen LogP contribution in [-0.2, 0) is 19.2 Å². The minimum atomic E-state index is -1.00. The van der Waals surface area contributed by atoms with Gasteiger partial charge in [-0.1, -0.05) is 93.3 Å². The number of carbonyl (C=O) groups is 3. The third-order valence-electron chi connectivity index (χ3n) is 3.63. The fraction of sp³-hybridized carbons (Fsp3) is 0.136. The molecule has 0 unspecified atom stereocenters. The summed E-state index contributed by atoms with van der Waals surface area (Å²) in [5.41, 5.74) is 0. The summed E-state index contributed by atoms with van der Waals surface area (Å²) >= 11 is 37.0. The average molecular weight is 854 g/mol. The molecule has 0 aliphatic carbocycles. The molecule has 1 N–H and O–H groups in total. The molecule has 4 aromatic rings. The fourth-order valence-corrected chi connectivity index (χ4v) is 5.75. The summed E-state index contributed by atoms with van der Waals surface area (Å²) in [6.45, 7) is -0.181. The van der Waals surface area contributed by atoms with Crippen LogP contribution in [0.15, 0.2) is 46.4 Å². The molecular formula is C22H18Cl5FK2N4O7S4. The number of H-pyrrole nitrogens is 1. The van der Waals surface area contributed by atoms with E-state index in [0.29, 0.717) is 48.1 Å². The van der Waals surface area contributed by atoms with Gasteiger partial charge in [0.1, 0.15) is 9.75 Å². The van der Waals surface area contributed by atoms with Crippen molar-refractivity contribution < 1.29 is 144 Å². The Kier molecular flexibility index (Phi) is 32.2. The van der Waals surface area contributed by atoms with Crippen molar-refractivity contribution in [3.8, 4) is 0 Å². The van der Waals surface area contributed by atoms with E-state index in [1.165, 1.54) is 62.1 Å². The zero-order chi connectivity index (χ0) is 33.7. The van der Waals surface area contributed by atoms with Gasteiger partial charge < -0.3 is 26.0 Å². The number of nitrogens with one attached hydrogen (secondary N) is 1. The number of aromatic amines is 1. The minimum absolute atomic E-state index is 0. The van der Waals surface area contributed by atoms with E-state index >= 15 is 0 Å². The molecule has 0 atom stereocenters. The van der Waals surface area contributed by atoms with E-state index in [4.69, 9.17) is 81.6 Å². The second-order valence-corrected chi connectivity index (χ2v) is 12.1. The third-order valence-corrected chi connectivity index (χ3v) is 8.98. The van der Waals surface area contributed by atoms with Crippen LogP contribution in [-0.4, -0.2) is 59.7 Å². The molecule has 0 radical (unpaired) electrons. The number of thiazole rings is 2. The summed E-state index contributed by atoms with van der Waals surface area (Å²) in [4.78, 5) is 49.2. The smallest absolute Gasteiger partial charge is 1.00 e. The van der Waals surface area contributed by atoms with Crippen LogP contribution < -0.4 is 108 Å². The van der Waals surface area contributed by atoms with E-state index in [1.807, 2.05) is 0 Å². The molecule has 4 rings (SSSR count). The van der Waals surface area contributed by atoms with Gasteiger partial charge in [-0.2, -0.15) is 0 Å². The van der Waals surface area contributed by atoms with Crippen molar-refractivity contribution in [3.63, 3.8) is 0 Å². The molecule has 0 aromatic carbocycles. The van der Waals surface area contributed by atoms with Crippen LogP contribution in [0.3, 0.4) is 0 Å². The molecule has 11 nitrogen and oxygen atoms in total. The molecular weight excluding hydrogens is 835 g/mol. The number of aromatic nitrogens is 4. The number of alkyl halides is 1. The summed E-state index contributed by atoms with van der Waals surface area (Å²) in [6.07, 6.45) is 9.04. The van der Waals surface area contributed by atoms with E-state index in [1.54, 1.807) is 12.4 Å². The average Bonchev–Trinajstić information content (AvgIpc) is 3.67. The first-order chi connectivity index (χ1) is 20.9. The summed E-state index contributed by atoms with van der Waals surface area (Å²) in [6, 6.07) is 0. The molecule has 0 saturated heterocycles. The number of hydrogen-bond donors (Lipinski definition) is 1. The number of rotatable bonds is 5. The standard InChI is InChI=1S/C10H6Cl2N2O2S2.C5H3Cl2NS.C5H4ClNO2S.CH3F.CH2O3.2K.H/c1-16-9(15)7-4-14-10(17-7)18-8-5(11)2-13-3-6(8)12;6-3-1-8-2-4(7)5(3)9;1-9-4(8)3-2-7-5(6)10-3;1-2;2-1-4-3;;;/h2-4H,1H3;1-2H,(H,8,9);2H,1H3;1H3;1,3H;;;/q;;;;;2*+1;-1/p-1/i;;;1D;;;;. The Morgan fingerprint density at radius 3 is 1.80 bits per heavy atom. The van der Waals surface area contributed by atoms with Gasteiger partial charge >= 0.3 is 115 Å². The number of methoxy groups -OCH3 is 2. The Labute approximate surface area is 386 Å². The van der Waals surface area contributed by atoms with Crippen LogP contribution in [0, 0.1) is 4.51 Å². The van der Waals surface area contributed by atoms with Crippen molar-refractivity contribution in [2.45, 2.75) is 9.24 Å². The maximum Gasteiger partial charge on any atom is 1.00 e. The van der Waals surface area contributed by atoms with Crippen LogP contribution >= 0.6 is 105 Å². The van der Waals surface area contributed by atoms with Crippen molar-refractivity contribution >= 4 is 123 Å². The quantitative estimate of drug-likeness (QED) is 0.0774. The summed E-state index contributed by atoms with van der Waals surface area (Å²) in [5, 5.41) is 10.3. The maximum atomic E-state index is 11.3. The summed E-state index contributed by atoms with van der Waals surface area (Å²) < 4.78 is 26.0. The monoisotopic (exact) mass is 851 g/mol. The number of carbonyl (C=O) groups excluding carboxylic acids is 3. The predicted octanol–water partition coefficient (Wildman–Crippen LogP) is 1.56. The van der Waals surface area contributed by atoms with E-state index in [-0.39, 0.29) is 111 Å². The number of pyridine rings is 2. The van der Waals surface area contributed by atoms with Gasteiger partial charge in [0.25, 0.3) is 6.47 Å². The van der Waals surface area contributed by atoms with Crippen LogP contribution in [0.4, 0.5) is 4.39 Å². The van der Waals surface area contributed by atoms with Crippen molar-refractivity contribution in [2.24, 2.45) is 0 Å². The van der Waals surface area contributed by atoms with Gasteiger partial charge in [-0.15, -0.1) is 11.3 Å². The third kappa shape index (κ3) is 20.4. The molecule has 0 bridgehead atoms. The molecule has 236 valence electrons. The molecule has 23 heteroatoms. The molecule has 0 fully saturated rings. The number of hydrogen-bond acceptors (Lipinski definition) is 14. The van der Waals surface area contributed by atoms with Crippen molar-refractivity contribution in [2.75, 3.05) is 21.4 Å². The largest absolute Gasteiger partial charge is 1.00 e. The number of ether oxygens (including phenoxy) is 2. The van der Waals surface area contributed by atoms with Gasteiger partial charge in [-0.25, -0.2) is 19.6 Å². The zero-order valence-electron chi connectivity index (χ0n) is 25.3. The van der Waals surface area contributed by atoms with E-state index in [2.05, 4.69) is 34.3 Å². The normalized spacial score (nSPS) is 9.04. The summed E-state index contributed by atoms with van der Waals surface area (Å²) in [7, 11) is 1.64. The van der Waals surface area contributed by atoms with Crippen LogP contribution in [0.1, 0.15) is 22.1 Å².